The first-order valence-corrected chi connectivity index (χ1v) is 8.33. The van der Waals surface area contributed by atoms with Gasteiger partial charge in [0.2, 0.25) is 0 Å². The molecule has 0 radical (unpaired) electrons. The molecule has 1 saturated carbocycles. The molecule has 0 amide bonds. The molecular formula is C12H20N4O2S. The average Bonchev–Trinajstić information content (AvgIpc) is 2.87. The van der Waals surface area contributed by atoms with E-state index in [1.54, 1.807) is 4.31 Å². The van der Waals surface area contributed by atoms with E-state index in [0.29, 0.717) is 19.0 Å². The largest absolute Gasteiger partial charge is 0.313 e. The lowest BCUT2D eigenvalue weighted by atomic mass is 10.2. The van der Waals surface area contributed by atoms with E-state index >= 15 is 0 Å². The van der Waals surface area contributed by atoms with Crippen molar-refractivity contribution >= 4 is 10.0 Å². The first kappa shape index (κ1) is 13.1. The van der Waals surface area contributed by atoms with Gasteiger partial charge in [-0.05, 0) is 44.2 Å². The summed E-state index contributed by atoms with van der Waals surface area (Å²) in [5.41, 5.74) is 0. The summed E-state index contributed by atoms with van der Waals surface area (Å²) in [5.74, 6) is 0.541. The first-order valence-electron chi connectivity index (χ1n) is 6.89. The Labute approximate surface area is 113 Å². The molecule has 1 aliphatic heterocycles. The molecule has 1 aromatic heterocycles. The quantitative estimate of drug-likeness (QED) is 0.800. The molecule has 3 rings (SSSR count). The number of nitrogens with one attached hydrogen (secondary N) is 2. The minimum absolute atomic E-state index is 0.200. The number of sulfonamides is 1. The van der Waals surface area contributed by atoms with E-state index < -0.39 is 10.0 Å². The van der Waals surface area contributed by atoms with E-state index in [1.165, 1.54) is 12.3 Å². The monoisotopic (exact) mass is 284 g/mol. The highest BCUT2D eigenvalue weighted by atomic mass is 32.2. The summed E-state index contributed by atoms with van der Waals surface area (Å²) < 4.78 is 26.8. The number of hydrogen-bond acceptors (Lipinski definition) is 4. The van der Waals surface area contributed by atoms with Gasteiger partial charge in [0.1, 0.15) is 0 Å². The van der Waals surface area contributed by atoms with Gasteiger partial charge < -0.3 is 5.32 Å². The Hall–Kier alpha value is -0.920. The lowest BCUT2D eigenvalue weighted by Gasteiger charge is -2.24. The molecule has 19 heavy (non-hydrogen) atoms. The molecule has 1 atom stereocenters. The second kappa shape index (κ2) is 5.22. The molecule has 1 saturated heterocycles. The minimum atomic E-state index is -3.42. The third-order valence-electron chi connectivity index (χ3n) is 3.84. The predicted octanol–water partition coefficient (Wildman–Crippen LogP) is 0.562. The Bertz CT molecular complexity index is 504. The van der Waals surface area contributed by atoms with Crippen molar-refractivity contribution in [1.29, 1.82) is 0 Å². The highest BCUT2D eigenvalue weighted by molar-refractivity contribution is 7.89. The maximum absolute atomic E-state index is 12.6. The molecule has 0 bridgehead atoms. The molecule has 7 heteroatoms. The van der Waals surface area contributed by atoms with Crippen LogP contribution in [0.5, 0.6) is 0 Å². The molecule has 2 N–H and O–H groups in total. The number of hydrogen-bond donors (Lipinski definition) is 2. The van der Waals surface area contributed by atoms with Crippen molar-refractivity contribution in [2.45, 2.75) is 36.8 Å². The standard InChI is InChI=1S/C12H20N4O2S/c17-19(18,12-5-7-14-15-12)16(8-10-3-4-10)9-11-2-1-6-13-11/h5,7,10-11,13H,1-4,6,8-9H2,(H,14,15). The van der Waals surface area contributed by atoms with Crippen LogP contribution in [0.3, 0.4) is 0 Å². The average molecular weight is 284 g/mol. The van der Waals surface area contributed by atoms with E-state index in [2.05, 4.69) is 15.5 Å². The van der Waals surface area contributed by atoms with Crippen molar-refractivity contribution in [3.8, 4) is 0 Å². The Balaban J connectivity index is 1.76. The zero-order chi connectivity index (χ0) is 13.3. The van der Waals surface area contributed by atoms with Crippen molar-refractivity contribution in [1.82, 2.24) is 19.8 Å². The van der Waals surface area contributed by atoms with Crippen LogP contribution in [0.2, 0.25) is 0 Å². The van der Waals surface area contributed by atoms with Crippen LogP contribution in [0.4, 0.5) is 0 Å². The van der Waals surface area contributed by atoms with Gasteiger partial charge in [-0.1, -0.05) is 0 Å². The first-order chi connectivity index (χ1) is 9.16. The molecule has 1 aromatic rings. The van der Waals surface area contributed by atoms with E-state index in [0.717, 1.165) is 32.2 Å². The molecule has 2 heterocycles. The van der Waals surface area contributed by atoms with Crippen LogP contribution in [0.1, 0.15) is 25.7 Å². The van der Waals surface area contributed by atoms with Crippen LogP contribution >= 0.6 is 0 Å². The van der Waals surface area contributed by atoms with Crippen LogP contribution in [-0.2, 0) is 10.0 Å². The Morgan fingerprint density at radius 1 is 1.32 bits per heavy atom. The lowest BCUT2D eigenvalue weighted by Crippen LogP contribution is -2.42. The van der Waals surface area contributed by atoms with Crippen molar-refractivity contribution < 1.29 is 8.42 Å². The zero-order valence-electron chi connectivity index (χ0n) is 10.9. The number of nitrogens with zero attached hydrogens (tertiary/aromatic N) is 2. The summed E-state index contributed by atoms with van der Waals surface area (Å²) >= 11 is 0. The summed E-state index contributed by atoms with van der Waals surface area (Å²) in [5, 5.41) is 9.89. The number of aromatic nitrogens is 2. The van der Waals surface area contributed by atoms with E-state index in [-0.39, 0.29) is 11.1 Å². The Morgan fingerprint density at radius 2 is 2.16 bits per heavy atom. The normalized spacial score (nSPS) is 24.2. The van der Waals surface area contributed by atoms with Crippen LogP contribution < -0.4 is 5.32 Å². The summed E-state index contributed by atoms with van der Waals surface area (Å²) in [7, 11) is -3.42. The third-order valence-corrected chi connectivity index (χ3v) is 5.60. The van der Waals surface area contributed by atoms with Gasteiger partial charge in [-0.2, -0.15) is 9.40 Å². The van der Waals surface area contributed by atoms with Gasteiger partial charge in [-0.25, -0.2) is 8.42 Å². The van der Waals surface area contributed by atoms with Gasteiger partial charge >= 0.3 is 0 Å². The van der Waals surface area contributed by atoms with Crippen LogP contribution in [-0.4, -0.2) is 48.6 Å². The Morgan fingerprint density at radius 3 is 2.74 bits per heavy atom. The Kier molecular flexibility index (Phi) is 3.60. The number of H-pyrrole nitrogens is 1. The van der Waals surface area contributed by atoms with E-state index in [4.69, 9.17) is 0 Å². The second-order valence-corrected chi connectivity index (χ2v) is 7.39. The fourth-order valence-electron chi connectivity index (χ4n) is 2.54. The minimum Gasteiger partial charge on any atom is -0.313 e. The maximum atomic E-state index is 12.6. The molecule has 106 valence electrons. The smallest absolute Gasteiger partial charge is 0.260 e. The van der Waals surface area contributed by atoms with Crippen molar-refractivity contribution in [3.63, 3.8) is 0 Å². The predicted molar refractivity (Wildman–Crippen MR) is 71.1 cm³/mol. The number of aromatic amines is 1. The van der Waals surface area contributed by atoms with Gasteiger partial charge in [0.25, 0.3) is 10.0 Å². The number of rotatable bonds is 6. The summed E-state index contributed by atoms with van der Waals surface area (Å²) in [6.45, 7) is 2.20. The molecule has 0 spiro atoms. The molecule has 2 aliphatic rings. The van der Waals surface area contributed by atoms with Gasteiger partial charge in [0.05, 0.1) is 6.20 Å². The molecule has 0 aromatic carbocycles. The molecule has 6 nitrogen and oxygen atoms in total. The van der Waals surface area contributed by atoms with Crippen molar-refractivity contribution in [2.24, 2.45) is 5.92 Å². The highest BCUT2D eigenvalue weighted by Gasteiger charge is 2.34. The van der Waals surface area contributed by atoms with Gasteiger partial charge in [-0.15, -0.1) is 0 Å². The zero-order valence-corrected chi connectivity index (χ0v) is 11.7. The topological polar surface area (TPSA) is 78.1 Å². The second-order valence-electron chi connectivity index (χ2n) is 5.48. The molecule has 1 unspecified atom stereocenters. The third kappa shape index (κ3) is 2.98. The summed E-state index contributed by atoms with van der Waals surface area (Å²) in [4.78, 5) is 0. The summed E-state index contributed by atoms with van der Waals surface area (Å²) in [6, 6.07) is 1.81. The summed E-state index contributed by atoms with van der Waals surface area (Å²) in [6.07, 6.45) is 5.96. The van der Waals surface area contributed by atoms with E-state index in [9.17, 15) is 8.42 Å². The molecule has 1 aliphatic carbocycles. The fraction of sp³-hybridized carbons (Fsp3) is 0.750. The van der Waals surface area contributed by atoms with Gasteiger partial charge in [0, 0.05) is 19.1 Å². The van der Waals surface area contributed by atoms with Crippen LogP contribution in [0.25, 0.3) is 0 Å². The SMILES string of the molecule is O=S(=O)(c1ccn[nH]1)N(CC1CC1)CC1CCCN1. The highest BCUT2D eigenvalue weighted by Crippen LogP contribution is 2.31. The molecule has 2 fully saturated rings. The van der Waals surface area contributed by atoms with Gasteiger partial charge in [0.15, 0.2) is 5.03 Å². The van der Waals surface area contributed by atoms with Crippen LogP contribution in [0, 0.1) is 5.92 Å². The van der Waals surface area contributed by atoms with E-state index in [1.807, 2.05) is 0 Å². The fourth-order valence-corrected chi connectivity index (χ4v) is 4.01. The molecular weight excluding hydrogens is 264 g/mol. The van der Waals surface area contributed by atoms with Crippen molar-refractivity contribution in [3.05, 3.63) is 12.3 Å². The van der Waals surface area contributed by atoms with Crippen molar-refractivity contribution in [2.75, 3.05) is 19.6 Å². The van der Waals surface area contributed by atoms with Crippen LogP contribution in [0.15, 0.2) is 17.3 Å². The van der Waals surface area contributed by atoms with Gasteiger partial charge in [-0.3, -0.25) is 5.10 Å². The lowest BCUT2D eigenvalue weighted by molar-refractivity contribution is 0.357. The maximum Gasteiger partial charge on any atom is 0.260 e.